The van der Waals surface area contributed by atoms with E-state index in [1.807, 2.05) is 12.1 Å². The van der Waals surface area contributed by atoms with Crippen LogP contribution in [0.5, 0.6) is 0 Å². The van der Waals surface area contributed by atoms with E-state index in [0.29, 0.717) is 0 Å². The van der Waals surface area contributed by atoms with Crippen molar-refractivity contribution in [2.75, 3.05) is 0 Å². The van der Waals surface area contributed by atoms with Gasteiger partial charge in [-0.15, -0.1) is 0 Å². The Labute approximate surface area is 92.8 Å². The largest absolute Gasteiger partial charge is 0.334 e. The van der Waals surface area contributed by atoms with E-state index in [4.69, 9.17) is 0 Å². The van der Waals surface area contributed by atoms with Crippen molar-refractivity contribution in [3.05, 3.63) is 34.9 Å². The van der Waals surface area contributed by atoms with Crippen molar-refractivity contribution in [2.24, 2.45) is 7.05 Å². The standard InChI is InChI=1S/C12H13N3O/c1-14-10-7-4-8-13-11(10)15(12(14)16)9-5-2-3-6-9/h4-5,7-8H,2-3,6H2,1H3. The summed E-state index contributed by atoms with van der Waals surface area (Å²) in [7, 11) is 1.79. The molecule has 2 aromatic rings. The van der Waals surface area contributed by atoms with E-state index in [-0.39, 0.29) is 5.69 Å². The fourth-order valence-electron chi connectivity index (χ4n) is 2.28. The number of allylic oxidation sites excluding steroid dienone is 2. The summed E-state index contributed by atoms with van der Waals surface area (Å²) < 4.78 is 3.39. The van der Waals surface area contributed by atoms with E-state index >= 15 is 0 Å². The first-order valence-electron chi connectivity index (χ1n) is 5.51. The third-order valence-corrected chi connectivity index (χ3v) is 3.12. The Kier molecular flexibility index (Phi) is 1.96. The molecule has 1 aliphatic rings. The molecule has 0 atom stereocenters. The number of hydrogen-bond donors (Lipinski definition) is 0. The highest BCUT2D eigenvalue weighted by Gasteiger charge is 2.16. The molecule has 3 rings (SSSR count). The van der Waals surface area contributed by atoms with Crippen LogP contribution in [-0.2, 0) is 7.05 Å². The third-order valence-electron chi connectivity index (χ3n) is 3.12. The number of hydrogen-bond acceptors (Lipinski definition) is 2. The molecule has 2 heterocycles. The first-order chi connectivity index (χ1) is 7.79. The molecular weight excluding hydrogens is 202 g/mol. The van der Waals surface area contributed by atoms with Crippen molar-refractivity contribution < 1.29 is 0 Å². The maximum atomic E-state index is 12.1. The molecule has 82 valence electrons. The summed E-state index contributed by atoms with van der Waals surface area (Å²) in [6.45, 7) is 0. The van der Waals surface area contributed by atoms with Crippen LogP contribution in [0.15, 0.2) is 29.2 Å². The predicted molar refractivity (Wildman–Crippen MR) is 63.1 cm³/mol. The number of aryl methyl sites for hydroxylation is 1. The Hall–Kier alpha value is -1.84. The van der Waals surface area contributed by atoms with Crippen LogP contribution in [-0.4, -0.2) is 14.1 Å². The molecule has 0 spiro atoms. The van der Waals surface area contributed by atoms with E-state index in [1.165, 1.54) is 0 Å². The fraction of sp³-hybridized carbons (Fsp3) is 0.333. The van der Waals surface area contributed by atoms with E-state index < -0.39 is 0 Å². The van der Waals surface area contributed by atoms with Crippen LogP contribution in [0.2, 0.25) is 0 Å². The van der Waals surface area contributed by atoms with Gasteiger partial charge in [-0.3, -0.25) is 4.57 Å². The number of nitrogens with zero attached hydrogens (tertiary/aromatic N) is 3. The monoisotopic (exact) mass is 215 g/mol. The highest BCUT2D eigenvalue weighted by molar-refractivity contribution is 5.75. The van der Waals surface area contributed by atoms with Gasteiger partial charge in [0.1, 0.15) is 0 Å². The molecule has 0 aromatic carbocycles. The molecule has 0 bridgehead atoms. The Balaban J connectivity index is 2.39. The summed E-state index contributed by atoms with van der Waals surface area (Å²) in [6.07, 6.45) is 7.02. The molecule has 4 nitrogen and oxygen atoms in total. The number of imidazole rings is 1. The number of fused-ring (bicyclic) bond motifs is 1. The van der Waals surface area contributed by atoms with Gasteiger partial charge in [-0.2, -0.15) is 0 Å². The lowest BCUT2D eigenvalue weighted by molar-refractivity contribution is 0.832. The van der Waals surface area contributed by atoms with Gasteiger partial charge in [0.05, 0.1) is 5.52 Å². The minimum atomic E-state index is 0.00171. The van der Waals surface area contributed by atoms with Crippen molar-refractivity contribution in [3.63, 3.8) is 0 Å². The van der Waals surface area contributed by atoms with Crippen molar-refractivity contribution >= 4 is 16.9 Å². The van der Waals surface area contributed by atoms with Gasteiger partial charge in [0, 0.05) is 18.9 Å². The normalized spacial score (nSPS) is 15.7. The minimum Gasteiger partial charge on any atom is -0.293 e. The minimum absolute atomic E-state index is 0.00171. The fourth-order valence-corrected chi connectivity index (χ4v) is 2.28. The highest BCUT2D eigenvalue weighted by atomic mass is 16.1. The van der Waals surface area contributed by atoms with Crippen molar-refractivity contribution in [2.45, 2.75) is 19.3 Å². The maximum Gasteiger partial charge on any atom is 0.334 e. The zero-order chi connectivity index (χ0) is 11.1. The van der Waals surface area contributed by atoms with E-state index in [2.05, 4.69) is 11.1 Å². The van der Waals surface area contributed by atoms with E-state index in [9.17, 15) is 4.79 Å². The van der Waals surface area contributed by atoms with Crippen LogP contribution in [0.4, 0.5) is 0 Å². The Morgan fingerprint density at radius 3 is 3.06 bits per heavy atom. The van der Waals surface area contributed by atoms with Crippen LogP contribution in [0.25, 0.3) is 16.9 Å². The van der Waals surface area contributed by atoms with Crippen LogP contribution < -0.4 is 5.69 Å². The third kappa shape index (κ3) is 1.16. The average molecular weight is 215 g/mol. The van der Waals surface area contributed by atoms with Gasteiger partial charge in [0.15, 0.2) is 5.65 Å². The van der Waals surface area contributed by atoms with Gasteiger partial charge >= 0.3 is 5.69 Å². The number of rotatable bonds is 1. The maximum absolute atomic E-state index is 12.1. The second kappa shape index (κ2) is 3.33. The molecule has 0 N–H and O–H groups in total. The molecule has 0 unspecified atom stereocenters. The quantitative estimate of drug-likeness (QED) is 0.727. The summed E-state index contributed by atoms with van der Waals surface area (Å²) >= 11 is 0. The van der Waals surface area contributed by atoms with E-state index in [0.717, 1.165) is 36.1 Å². The van der Waals surface area contributed by atoms with Crippen LogP contribution >= 0.6 is 0 Å². The van der Waals surface area contributed by atoms with Gasteiger partial charge in [-0.25, -0.2) is 14.3 Å². The SMILES string of the molecule is Cn1c(=O)n(C2=CCCC2)c2ncccc21. The molecule has 0 saturated carbocycles. The summed E-state index contributed by atoms with van der Waals surface area (Å²) in [5.74, 6) is 0. The molecule has 0 saturated heterocycles. The second-order valence-corrected chi connectivity index (χ2v) is 4.11. The molecular formula is C12H13N3O. The molecule has 4 heteroatoms. The Morgan fingerprint density at radius 2 is 2.31 bits per heavy atom. The zero-order valence-electron chi connectivity index (χ0n) is 9.18. The molecule has 0 amide bonds. The van der Waals surface area contributed by atoms with Crippen LogP contribution in [0.3, 0.4) is 0 Å². The molecule has 0 radical (unpaired) electrons. The lowest BCUT2D eigenvalue weighted by Gasteiger charge is -2.01. The molecule has 16 heavy (non-hydrogen) atoms. The lowest BCUT2D eigenvalue weighted by Crippen LogP contribution is -2.21. The molecule has 0 fully saturated rings. The number of pyridine rings is 1. The molecule has 0 aliphatic heterocycles. The Morgan fingerprint density at radius 1 is 1.44 bits per heavy atom. The van der Waals surface area contributed by atoms with Crippen LogP contribution in [0, 0.1) is 0 Å². The van der Waals surface area contributed by atoms with Gasteiger partial charge in [0.2, 0.25) is 0 Å². The van der Waals surface area contributed by atoms with Crippen molar-refractivity contribution in [3.8, 4) is 0 Å². The number of aromatic nitrogens is 3. The first-order valence-corrected chi connectivity index (χ1v) is 5.51. The van der Waals surface area contributed by atoms with Gasteiger partial charge in [-0.05, 0) is 31.4 Å². The lowest BCUT2D eigenvalue weighted by atomic mass is 10.3. The van der Waals surface area contributed by atoms with E-state index in [1.54, 1.807) is 22.4 Å². The zero-order valence-corrected chi connectivity index (χ0v) is 9.18. The first kappa shape index (κ1) is 9.39. The molecule has 2 aromatic heterocycles. The summed E-state index contributed by atoms with van der Waals surface area (Å²) in [6, 6.07) is 3.78. The second-order valence-electron chi connectivity index (χ2n) is 4.11. The Bertz CT molecular complexity index is 633. The van der Waals surface area contributed by atoms with Gasteiger partial charge in [-0.1, -0.05) is 6.08 Å². The van der Waals surface area contributed by atoms with Gasteiger partial charge in [0.25, 0.3) is 0 Å². The smallest absolute Gasteiger partial charge is 0.293 e. The predicted octanol–water partition coefficient (Wildman–Crippen LogP) is 1.76. The summed E-state index contributed by atoms with van der Waals surface area (Å²) in [5.41, 5.74) is 2.75. The van der Waals surface area contributed by atoms with Gasteiger partial charge < -0.3 is 0 Å². The average Bonchev–Trinajstić information content (AvgIpc) is 2.89. The molecule has 1 aliphatic carbocycles. The van der Waals surface area contributed by atoms with Crippen molar-refractivity contribution in [1.29, 1.82) is 0 Å². The highest BCUT2D eigenvalue weighted by Crippen LogP contribution is 2.23. The van der Waals surface area contributed by atoms with Crippen LogP contribution in [0.1, 0.15) is 19.3 Å². The topological polar surface area (TPSA) is 39.8 Å². The summed E-state index contributed by atoms with van der Waals surface area (Å²) in [4.78, 5) is 16.4. The summed E-state index contributed by atoms with van der Waals surface area (Å²) in [5, 5.41) is 0. The van der Waals surface area contributed by atoms with Crippen molar-refractivity contribution in [1.82, 2.24) is 14.1 Å².